The second-order valence-electron chi connectivity index (χ2n) is 3.41. The summed E-state index contributed by atoms with van der Waals surface area (Å²) in [5.74, 6) is 0. The highest BCUT2D eigenvalue weighted by atomic mass is 15.0. The van der Waals surface area contributed by atoms with Crippen LogP contribution in [0, 0.1) is 0 Å². The molecular weight excluding hydrogens is 124 g/mol. The lowest BCUT2D eigenvalue weighted by Crippen LogP contribution is -2.40. The molecule has 0 radical (unpaired) electrons. The molecule has 0 saturated carbocycles. The van der Waals surface area contributed by atoms with Gasteiger partial charge in [-0.15, -0.1) is 0 Å². The van der Waals surface area contributed by atoms with Gasteiger partial charge in [-0.3, -0.25) is 0 Å². The van der Waals surface area contributed by atoms with Gasteiger partial charge in [0.05, 0.1) is 0 Å². The second-order valence-corrected chi connectivity index (χ2v) is 3.41. The predicted octanol–water partition coefficient (Wildman–Crippen LogP) is 0.490. The van der Waals surface area contributed by atoms with Crippen LogP contribution in [0.1, 0.15) is 25.7 Å². The van der Waals surface area contributed by atoms with Gasteiger partial charge in [-0.2, -0.15) is 0 Å². The molecule has 0 bridgehead atoms. The summed E-state index contributed by atoms with van der Waals surface area (Å²) in [7, 11) is 0. The Kier molecular flexibility index (Phi) is 1.91. The zero-order valence-corrected chi connectivity index (χ0v) is 6.40. The van der Waals surface area contributed by atoms with Gasteiger partial charge in [0.15, 0.2) is 0 Å². The van der Waals surface area contributed by atoms with E-state index in [1.165, 1.54) is 38.8 Å². The molecule has 0 aromatic heterocycles. The largest absolute Gasteiger partial charge is 0.312 e. The molecule has 2 heterocycles. The van der Waals surface area contributed by atoms with Gasteiger partial charge in [0.1, 0.15) is 0 Å². The molecule has 2 aliphatic heterocycles. The SMILES string of the molecule is C1CN[C@@H]([C@H]2CCCN2)C1. The summed E-state index contributed by atoms with van der Waals surface area (Å²) >= 11 is 0. The summed E-state index contributed by atoms with van der Waals surface area (Å²) < 4.78 is 0. The van der Waals surface area contributed by atoms with E-state index >= 15 is 0 Å². The molecule has 2 rings (SSSR count). The Morgan fingerprint density at radius 1 is 0.800 bits per heavy atom. The van der Waals surface area contributed by atoms with E-state index in [0.717, 1.165) is 12.1 Å². The molecule has 0 aromatic rings. The van der Waals surface area contributed by atoms with Crippen molar-refractivity contribution < 1.29 is 0 Å². The van der Waals surface area contributed by atoms with Crippen molar-refractivity contribution in [3.05, 3.63) is 0 Å². The quantitative estimate of drug-likeness (QED) is 0.554. The number of rotatable bonds is 1. The van der Waals surface area contributed by atoms with Crippen LogP contribution >= 0.6 is 0 Å². The summed E-state index contributed by atoms with van der Waals surface area (Å²) in [6, 6.07) is 1.59. The van der Waals surface area contributed by atoms with Crippen molar-refractivity contribution >= 4 is 0 Å². The van der Waals surface area contributed by atoms with E-state index in [4.69, 9.17) is 0 Å². The van der Waals surface area contributed by atoms with Gasteiger partial charge in [0.25, 0.3) is 0 Å². The van der Waals surface area contributed by atoms with Crippen LogP contribution in [0.15, 0.2) is 0 Å². The molecule has 10 heavy (non-hydrogen) atoms. The lowest BCUT2D eigenvalue weighted by Gasteiger charge is -2.17. The fourth-order valence-electron chi connectivity index (χ4n) is 2.11. The van der Waals surface area contributed by atoms with Gasteiger partial charge in [0, 0.05) is 12.1 Å². The topological polar surface area (TPSA) is 24.1 Å². The van der Waals surface area contributed by atoms with Crippen LogP contribution in [-0.4, -0.2) is 25.2 Å². The van der Waals surface area contributed by atoms with E-state index < -0.39 is 0 Å². The third kappa shape index (κ3) is 1.18. The van der Waals surface area contributed by atoms with Crippen LogP contribution in [0.25, 0.3) is 0 Å². The van der Waals surface area contributed by atoms with Crippen molar-refractivity contribution in [3.63, 3.8) is 0 Å². The van der Waals surface area contributed by atoms with E-state index in [9.17, 15) is 0 Å². The molecule has 2 N–H and O–H groups in total. The first kappa shape index (κ1) is 6.62. The maximum atomic E-state index is 3.54. The minimum absolute atomic E-state index is 0.794. The van der Waals surface area contributed by atoms with E-state index in [1.54, 1.807) is 0 Å². The third-order valence-corrected chi connectivity index (χ3v) is 2.68. The molecule has 0 spiro atoms. The van der Waals surface area contributed by atoms with Crippen molar-refractivity contribution in [3.8, 4) is 0 Å². The highest BCUT2D eigenvalue weighted by Crippen LogP contribution is 2.16. The van der Waals surface area contributed by atoms with Crippen LogP contribution in [0.4, 0.5) is 0 Å². The van der Waals surface area contributed by atoms with Crippen molar-refractivity contribution in [2.45, 2.75) is 37.8 Å². The Hall–Kier alpha value is -0.0800. The smallest absolute Gasteiger partial charge is 0.0221 e. The van der Waals surface area contributed by atoms with Gasteiger partial charge < -0.3 is 10.6 Å². The highest BCUT2D eigenvalue weighted by molar-refractivity contribution is 4.89. The second kappa shape index (κ2) is 2.89. The van der Waals surface area contributed by atoms with Crippen LogP contribution < -0.4 is 10.6 Å². The van der Waals surface area contributed by atoms with Crippen LogP contribution in [0.5, 0.6) is 0 Å². The molecule has 0 aliphatic carbocycles. The molecular formula is C8H16N2. The average molecular weight is 140 g/mol. The van der Waals surface area contributed by atoms with Crippen molar-refractivity contribution in [1.29, 1.82) is 0 Å². The molecule has 2 atom stereocenters. The zero-order chi connectivity index (χ0) is 6.81. The molecule has 0 amide bonds. The van der Waals surface area contributed by atoms with Gasteiger partial charge >= 0.3 is 0 Å². The molecule has 2 nitrogen and oxygen atoms in total. The maximum Gasteiger partial charge on any atom is 0.0221 e. The van der Waals surface area contributed by atoms with Gasteiger partial charge in [0.2, 0.25) is 0 Å². The molecule has 0 aromatic carbocycles. The Morgan fingerprint density at radius 2 is 1.30 bits per heavy atom. The normalized spacial score (nSPS) is 40.8. The fraction of sp³-hybridized carbons (Fsp3) is 1.00. The zero-order valence-electron chi connectivity index (χ0n) is 6.40. The Labute approximate surface area is 62.4 Å². The van der Waals surface area contributed by atoms with Crippen LogP contribution in [0.3, 0.4) is 0 Å². The fourth-order valence-corrected chi connectivity index (χ4v) is 2.11. The molecule has 0 unspecified atom stereocenters. The number of hydrogen-bond acceptors (Lipinski definition) is 2. The van der Waals surface area contributed by atoms with E-state index in [1.807, 2.05) is 0 Å². The first-order valence-electron chi connectivity index (χ1n) is 4.43. The van der Waals surface area contributed by atoms with Gasteiger partial charge in [-0.05, 0) is 38.8 Å². The third-order valence-electron chi connectivity index (χ3n) is 2.68. The minimum atomic E-state index is 0.794. The number of hydrogen-bond donors (Lipinski definition) is 2. The standard InChI is InChI=1S/C8H16N2/c1-3-7(9-5-1)8-4-2-6-10-8/h7-10H,1-6H2/t7-,8-/m1/s1. The van der Waals surface area contributed by atoms with Gasteiger partial charge in [-0.25, -0.2) is 0 Å². The molecule has 2 heteroatoms. The summed E-state index contributed by atoms with van der Waals surface area (Å²) in [5, 5.41) is 7.07. The van der Waals surface area contributed by atoms with Crippen molar-refractivity contribution in [2.75, 3.05) is 13.1 Å². The monoisotopic (exact) mass is 140 g/mol. The van der Waals surface area contributed by atoms with Gasteiger partial charge in [-0.1, -0.05) is 0 Å². The highest BCUT2D eigenvalue weighted by Gasteiger charge is 2.26. The number of nitrogens with one attached hydrogen (secondary N) is 2. The minimum Gasteiger partial charge on any atom is -0.312 e. The van der Waals surface area contributed by atoms with Crippen molar-refractivity contribution in [1.82, 2.24) is 10.6 Å². The van der Waals surface area contributed by atoms with Crippen molar-refractivity contribution in [2.24, 2.45) is 0 Å². The van der Waals surface area contributed by atoms with E-state index in [-0.39, 0.29) is 0 Å². The van der Waals surface area contributed by atoms with Crippen LogP contribution in [-0.2, 0) is 0 Å². The summed E-state index contributed by atoms with van der Waals surface area (Å²) in [5.41, 5.74) is 0. The summed E-state index contributed by atoms with van der Waals surface area (Å²) in [4.78, 5) is 0. The predicted molar refractivity (Wildman–Crippen MR) is 42.0 cm³/mol. The Bertz CT molecular complexity index is 87.8. The Morgan fingerprint density at radius 3 is 1.60 bits per heavy atom. The summed E-state index contributed by atoms with van der Waals surface area (Å²) in [6.07, 6.45) is 5.53. The molecule has 2 saturated heterocycles. The Balaban J connectivity index is 1.85. The first-order chi connectivity index (χ1) is 4.97. The summed E-state index contributed by atoms with van der Waals surface area (Å²) in [6.45, 7) is 2.48. The molecule has 2 fully saturated rings. The lowest BCUT2D eigenvalue weighted by atomic mass is 10.1. The average Bonchev–Trinajstić information content (AvgIpc) is 2.59. The lowest BCUT2D eigenvalue weighted by molar-refractivity contribution is 0.449. The molecule has 2 aliphatic rings. The first-order valence-corrected chi connectivity index (χ1v) is 4.43. The van der Waals surface area contributed by atoms with E-state index in [2.05, 4.69) is 10.6 Å². The van der Waals surface area contributed by atoms with Crippen LogP contribution in [0.2, 0.25) is 0 Å². The van der Waals surface area contributed by atoms with E-state index in [0.29, 0.717) is 0 Å². The molecule has 58 valence electrons. The maximum absolute atomic E-state index is 3.54.